The summed E-state index contributed by atoms with van der Waals surface area (Å²) in [6, 6.07) is 7.79. The third-order valence-corrected chi connectivity index (χ3v) is 2.63. The normalized spacial score (nSPS) is 10.4. The van der Waals surface area contributed by atoms with E-state index in [-0.39, 0.29) is 5.91 Å². The lowest BCUT2D eigenvalue weighted by Gasteiger charge is -2.07. The zero-order valence-corrected chi connectivity index (χ0v) is 10.8. The van der Waals surface area contributed by atoms with Crippen LogP contribution in [-0.2, 0) is 17.9 Å². The fourth-order valence-electron chi connectivity index (χ4n) is 1.75. The molecule has 0 spiro atoms. The van der Waals surface area contributed by atoms with Crippen molar-refractivity contribution in [1.82, 2.24) is 20.1 Å². The molecular weight excluding hydrogens is 242 g/mol. The zero-order chi connectivity index (χ0) is 13.5. The molecule has 1 heterocycles. The summed E-state index contributed by atoms with van der Waals surface area (Å²) in [7, 11) is 1.89. The second-order valence-corrected chi connectivity index (χ2v) is 4.19. The molecule has 1 aromatic heterocycles. The third-order valence-electron chi connectivity index (χ3n) is 2.63. The topological polar surface area (TPSA) is 71.8 Å². The van der Waals surface area contributed by atoms with E-state index >= 15 is 0 Å². The average Bonchev–Trinajstić information content (AvgIpc) is 2.90. The number of carbonyl (C=O) groups is 1. The van der Waals surface area contributed by atoms with Crippen molar-refractivity contribution in [2.24, 2.45) is 0 Å². The van der Waals surface area contributed by atoms with Crippen molar-refractivity contribution in [1.29, 1.82) is 0 Å². The number of nitrogens with zero attached hydrogens (tertiary/aromatic N) is 3. The van der Waals surface area contributed by atoms with Crippen molar-refractivity contribution in [2.75, 3.05) is 12.4 Å². The number of nitrogens with one attached hydrogen (secondary N) is 2. The minimum absolute atomic E-state index is 0.0305. The van der Waals surface area contributed by atoms with E-state index in [1.807, 2.05) is 31.3 Å². The molecule has 100 valence electrons. The molecule has 0 bridgehead atoms. The lowest BCUT2D eigenvalue weighted by molar-refractivity contribution is -0.116. The summed E-state index contributed by atoms with van der Waals surface area (Å²) in [5, 5.41) is 9.90. The van der Waals surface area contributed by atoms with Gasteiger partial charge in [0.05, 0.1) is 6.54 Å². The van der Waals surface area contributed by atoms with Gasteiger partial charge >= 0.3 is 0 Å². The van der Waals surface area contributed by atoms with Crippen LogP contribution in [0.15, 0.2) is 36.9 Å². The predicted molar refractivity (Wildman–Crippen MR) is 72.5 cm³/mol. The Kier molecular flexibility index (Phi) is 4.63. The summed E-state index contributed by atoms with van der Waals surface area (Å²) in [5.41, 5.74) is 1.95. The third kappa shape index (κ3) is 4.18. The second kappa shape index (κ2) is 6.65. The summed E-state index contributed by atoms with van der Waals surface area (Å²) in [4.78, 5) is 15.6. The average molecular weight is 259 g/mol. The lowest BCUT2D eigenvalue weighted by atomic mass is 10.2. The highest BCUT2D eigenvalue weighted by molar-refractivity contribution is 5.90. The Morgan fingerprint density at radius 1 is 1.42 bits per heavy atom. The van der Waals surface area contributed by atoms with Gasteiger partial charge in [-0.1, -0.05) is 12.1 Å². The number of carbonyl (C=O) groups excluding carboxylic acids is 1. The maximum Gasteiger partial charge on any atom is 0.226 e. The van der Waals surface area contributed by atoms with Crippen LogP contribution in [0.3, 0.4) is 0 Å². The number of hydrogen-bond acceptors (Lipinski definition) is 4. The largest absolute Gasteiger partial charge is 0.326 e. The quantitative estimate of drug-likeness (QED) is 0.812. The molecule has 0 atom stereocenters. The van der Waals surface area contributed by atoms with E-state index in [1.54, 1.807) is 11.0 Å². The maximum atomic E-state index is 11.8. The summed E-state index contributed by atoms with van der Waals surface area (Å²) >= 11 is 0. The summed E-state index contributed by atoms with van der Waals surface area (Å²) < 4.78 is 1.64. The van der Waals surface area contributed by atoms with E-state index in [1.165, 1.54) is 6.33 Å². The van der Waals surface area contributed by atoms with Gasteiger partial charge in [-0.3, -0.25) is 9.48 Å². The van der Waals surface area contributed by atoms with Gasteiger partial charge in [-0.25, -0.2) is 4.98 Å². The van der Waals surface area contributed by atoms with E-state index in [2.05, 4.69) is 20.7 Å². The first-order chi connectivity index (χ1) is 9.28. The molecule has 1 aromatic carbocycles. The zero-order valence-electron chi connectivity index (χ0n) is 10.8. The molecule has 0 aliphatic carbocycles. The summed E-state index contributed by atoms with van der Waals surface area (Å²) in [6.07, 6.45) is 3.43. The van der Waals surface area contributed by atoms with E-state index in [9.17, 15) is 4.79 Å². The number of aryl methyl sites for hydroxylation is 1. The van der Waals surface area contributed by atoms with E-state index in [0.717, 1.165) is 17.8 Å². The van der Waals surface area contributed by atoms with Crippen LogP contribution in [0.5, 0.6) is 0 Å². The Labute approximate surface area is 111 Å². The molecule has 0 radical (unpaired) electrons. The Hall–Kier alpha value is -2.21. The van der Waals surface area contributed by atoms with Crippen LogP contribution in [0, 0.1) is 0 Å². The maximum absolute atomic E-state index is 11.8. The van der Waals surface area contributed by atoms with Gasteiger partial charge in [0.2, 0.25) is 5.91 Å². The highest BCUT2D eigenvalue weighted by Gasteiger charge is 2.03. The molecule has 1 amide bonds. The monoisotopic (exact) mass is 259 g/mol. The molecule has 6 heteroatoms. The Morgan fingerprint density at radius 3 is 3.05 bits per heavy atom. The Morgan fingerprint density at radius 2 is 2.32 bits per heavy atom. The highest BCUT2D eigenvalue weighted by Crippen LogP contribution is 2.10. The predicted octanol–water partition coefficient (Wildman–Crippen LogP) is 1.03. The van der Waals surface area contributed by atoms with Crippen molar-refractivity contribution in [3.8, 4) is 0 Å². The van der Waals surface area contributed by atoms with Crippen LogP contribution in [0.1, 0.15) is 12.0 Å². The van der Waals surface area contributed by atoms with Crippen molar-refractivity contribution in [3.05, 3.63) is 42.5 Å². The molecule has 19 heavy (non-hydrogen) atoms. The van der Waals surface area contributed by atoms with Crippen molar-refractivity contribution >= 4 is 11.6 Å². The van der Waals surface area contributed by atoms with Gasteiger partial charge in [-0.15, -0.1) is 0 Å². The van der Waals surface area contributed by atoms with Gasteiger partial charge in [0.1, 0.15) is 12.7 Å². The summed E-state index contributed by atoms with van der Waals surface area (Å²) in [5.74, 6) is -0.0305. The number of anilines is 1. The minimum atomic E-state index is -0.0305. The van der Waals surface area contributed by atoms with Gasteiger partial charge in [0.25, 0.3) is 0 Å². The van der Waals surface area contributed by atoms with Crippen LogP contribution in [0.4, 0.5) is 5.69 Å². The molecule has 0 fully saturated rings. The Bertz CT molecular complexity index is 524. The van der Waals surface area contributed by atoms with Gasteiger partial charge < -0.3 is 10.6 Å². The van der Waals surface area contributed by atoms with E-state index in [4.69, 9.17) is 0 Å². The van der Waals surface area contributed by atoms with Crippen LogP contribution in [0.25, 0.3) is 0 Å². The molecule has 6 nitrogen and oxygen atoms in total. The fraction of sp³-hybridized carbons (Fsp3) is 0.308. The number of rotatable bonds is 6. The van der Waals surface area contributed by atoms with Gasteiger partial charge in [0, 0.05) is 18.7 Å². The first kappa shape index (κ1) is 13.2. The molecule has 2 rings (SSSR count). The van der Waals surface area contributed by atoms with Crippen LogP contribution < -0.4 is 10.6 Å². The van der Waals surface area contributed by atoms with Crippen molar-refractivity contribution in [2.45, 2.75) is 19.5 Å². The lowest BCUT2D eigenvalue weighted by Crippen LogP contribution is -2.15. The number of amides is 1. The van der Waals surface area contributed by atoms with Gasteiger partial charge in [-0.05, 0) is 24.7 Å². The molecule has 2 aromatic rings. The molecule has 2 N–H and O–H groups in total. The Balaban J connectivity index is 1.86. The van der Waals surface area contributed by atoms with Crippen molar-refractivity contribution < 1.29 is 4.79 Å². The smallest absolute Gasteiger partial charge is 0.226 e. The number of hydrogen-bond donors (Lipinski definition) is 2. The first-order valence-corrected chi connectivity index (χ1v) is 6.14. The standard InChI is InChI=1S/C13H17N5O/c1-14-8-11-3-2-4-12(7-11)17-13(19)5-6-18-10-15-9-16-18/h2-4,7,9-10,14H,5-6,8H2,1H3,(H,17,19). The SMILES string of the molecule is CNCc1cccc(NC(=O)CCn2cncn2)c1. The molecule has 0 saturated heterocycles. The van der Waals surface area contributed by atoms with Gasteiger partial charge in [-0.2, -0.15) is 5.10 Å². The van der Waals surface area contributed by atoms with Gasteiger partial charge in [0.15, 0.2) is 0 Å². The molecule has 0 aliphatic heterocycles. The molecular formula is C13H17N5O. The van der Waals surface area contributed by atoms with Crippen LogP contribution in [0.2, 0.25) is 0 Å². The van der Waals surface area contributed by atoms with Crippen LogP contribution >= 0.6 is 0 Å². The number of aromatic nitrogens is 3. The van der Waals surface area contributed by atoms with Crippen molar-refractivity contribution in [3.63, 3.8) is 0 Å². The molecule has 0 saturated carbocycles. The summed E-state index contributed by atoms with van der Waals surface area (Å²) in [6.45, 7) is 1.31. The van der Waals surface area contributed by atoms with E-state index < -0.39 is 0 Å². The van der Waals surface area contributed by atoms with Crippen LogP contribution in [-0.4, -0.2) is 27.7 Å². The first-order valence-electron chi connectivity index (χ1n) is 6.14. The minimum Gasteiger partial charge on any atom is -0.326 e. The highest BCUT2D eigenvalue weighted by atomic mass is 16.1. The number of benzene rings is 1. The van der Waals surface area contributed by atoms with E-state index in [0.29, 0.717) is 13.0 Å². The molecule has 0 unspecified atom stereocenters. The second-order valence-electron chi connectivity index (χ2n) is 4.19. The fourth-order valence-corrected chi connectivity index (χ4v) is 1.75. The molecule has 0 aliphatic rings.